The van der Waals surface area contributed by atoms with E-state index in [1.807, 2.05) is 36.0 Å². The SMILES string of the molecule is COCCN1C(=O)N(Cc2cccc(OC)c2)C(=O)C12CCN(CCCSC)CC2. The van der Waals surface area contributed by atoms with Gasteiger partial charge < -0.3 is 19.3 Å². The molecule has 2 fully saturated rings. The number of ether oxygens (including phenoxy) is 2. The summed E-state index contributed by atoms with van der Waals surface area (Å²) in [4.78, 5) is 32.4. The van der Waals surface area contributed by atoms with E-state index in [2.05, 4.69) is 11.2 Å². The van der Waals surface area contributed by atoms with Crippen LogP contribution in [0.15, 0.2) is 24.3 Å². The number of piperidine rings is 1. The fourth-order valence-electron chi connectivity index (χ4n) is 4.43. The average molecular weight is 436 g/mol. The molecule has 3 rings (SSSR count). The molecule has 2 heterocycles. The number of likely N-dealkylation sites (tertiary alicyclic amines) is 1. The normalized spacial score (nSPS) is 19.2. The first kappa shape index (κ1) is 22.9. The lowest BCUT2D eigenvalue weighted by Crippen LogP contribution is -2.57. The molecule has 0 aromatic heterocycles. The summed E-state index contributed by atoms with van der Waals surface area (Å²) >= 11 is 1.86. The fourth-order valence-corrected chi connectivity index (χ4v) is 4.85. The highest BCUT2D eigenvalue weighted by Gasteiger charge is 2.57. The number of carbonyl (C=O) groups excluding carboxylic acids is 2. The molecule has 0 unspecified atom stereocenters. The summed E-state index contributed by atoms with van der Waals surface area (Å²) in [6.45, 7) is 3.84. The number of benzene rings is 1. The maximum Gasteiger partial charge on any atom is 0.328 e. The number of hydrogen-bond acceptors (Lipinski definition) is 6. The van der Waals surface area contributed by atoms with E-state index < -0.39 is 5.54 Å². The van der Waals surface area contributed by atoms with Gasteiger partial charge in [0, 0.05) is 26.7 Å². The largest absolute Gasteiger partial charge is 0.497 e. The Hall–Kier alpha value is -1.77. The van der Waals surface area contributed by atoms with Gasteiger partial charge in [-0.25, -0.2) is 4.79 Å². The molecule has 1 aromatic rings. The third kappa shape index (κ3) is 4.76. The smallest absolute Gasteiger partial charge is 0.328 e. The Balaban J connectivity index is 1.76. The first-order valence-electron chi connectivity index (χ1n) is 10.5. The zero-order valence-corrected chi connectivity index (χ0v) is 19.1. The predicted molar refractivity (Wildman–Crippen MR) is 119 cm³/mol. The quantitative estimate of drug-likeness (QED) is 0.416. The Morgan fingerprint density at radius 1 is 1.13 bits per heavy atom. The van der Waals surface area contributed by atoms with Gasteiger partial charge in [-0.15, -0.1) is 0 Å². The van der Waals surface area contributed by atoms with Crippen LogP contribution in [0, 0.1) is 0 Å². The van der Waals surface area contributed by atoms with E-state index in [-0.39, 0.29) is 18.5 Å². The molecule has 0 bridgehead atoms. The molecule has 1 aromatic carbocycles. The monoisotopic (exact) mass is 435 g/mol. The van der Waals surface area contributed by atoms with Gasteiger partial charge >= 0.3 is 6.03 Å². The molecule has 1 spiro atoms. The van der Waals surface area contributed by atoms with Crippen LogP contribution in [0.2, 0.25) is 0 Å². The highest BCUT2D eigenvalue weighted by Crippen LogP contribution is 2.38. The van der Waals surface area contributed by atoms with Crippen LogP contribution in [-0.4, -0.2) is 91.2 Å². The van der Waals surface area contributed by atoms with Crippen molar-refractivity contribution in [2.24, 2.45) is 0 Å². The van der Waals surface area contributed by atoms with E-state index in [0.29, 0.717) is 26.0 Å². The van der Waals surface area contributed by atoms with Gasteiger partial charge in [0.05, 0.1) is 20.3 Å². The van der Waals surface area contributed by atoms with Crippen molar-refractivity contribution >= 4 is 23.7 Å². The van der Waals surface area contributed by atoms with Crippen LogP contribution < -0.4 is 4.74 Å². The molecule has 2 aliphatic heterocycles. The van der Waals surface area contributed by atoms with Crippen molar-refractivity contribution in [1.82, 2.24) is 14.7 Å². The number of carbonyl (C=O) groups is 2. The molecule has 2 aliphatic rings. The molecule has 0 N–H and O–H groups in total. The van der Waals surface area contributed by atoms with Gasteiger partial charge in [0.25, 0.3) is 5.91 Å². The molecule has 0 saturated carbocycles. The minimum atomic E-state index is -0.746. The maximum atomic E-state index is 13.6. The number of imide groups is 1. The summed E-state index contributed by atoms with van der Waals surface area (Å²) in [6.07, 6.45) is 4.62. The third-order valence-corrected chi connectivity index (χ3v) is 6.82. The van der Waals surface area contributed by atoms with Crippen LogP contribution >= 0.6 is 11.8 Å². The summed E-state index contributed by atoms with van der Waals surface area (Å²) in [5.74, 6) is 1.79. The van der Waals surface area contributed by atoms with Gasteiger partial charge in [0.1, 0.15) is 11.3 Å². The van der Waals surface area contributed by atoms with Crippen LogP contribution in [0.1, 0.15) is 24.8 Å². The van der Waals surface area contributed by atoms with Crippen molar-refractivity contribution < 1.29 is 19.1 Å². The lowest BCUT2D eigenvalue weighted by molar-refractivity contribution is -0.136. The second-order valence-electron chi connectivity index (χ2n) is 7.89. The van der Waals surface area contributed by atoms with E-state index in [9.17, 15) is 9.59 Å². The Morgan fingerprint density at radius 2 is 1.90 bits per heavy atom. The third-order valence-electron chi connectivity index (χ3n) is 6.12. The van der Waals surface area contributed by atoms with Crippen LogP contribution in [0.5, 0.6) is 5.75 Å². The lowest BCUT2D eigenvalue weighted by atomic mass is 9.85. The van der Waals surface area contributed by atoms with Crippen LogP contribution in [-0.2, 0) is 16.1 Å². The zero-order valence-electron chi connectivity index (χ0n) is 18.3. The predicted octanol–water partition coefficient (Wildman–Crippen LogP) is 2.69. The number of urea groups is 1. The second-order valence-corrected chi connectivity index (χ2v) is 8.88. The Kier molecular flexibility index (Phi) is 8.02. The van der Waals surface area contributed by atoms with Crippen molar-refractivity contribution in [3.63, 3.8) is 0 Å². The number of methoxy groups -OCH3 is 2. The number of thioether (sulfide) groups is 1. The van der Waals surface area contributed by atoms with Gasteiger partial charge in [-0.1, -0.05) is 12.1 Å². The van der Waals surface area contributed by atoms with Crippen LogP contribution in [0.25, 0.3) is 0 Å². The van der Waals surface area contributed by atoms with Crippen molar-refractivity contribution in [1.29, 1.82) is 0 Å². The molecule has 0 aliphatic carbocycles. The van der Waals surface area contributed by atoms with Crippen molar-refractivity contribution in [3.8, 4) is 5.75 Å². The topological polar surface area (TPSA) is 62.3 Å². The van der Waals surface area contributed by atoms with E-state index in [1.165, 1.54) is 4.90 Å². The summed E-state index contributed by atoms with van der Waals surface area (Å²) < 4.78 is 10.5. The molecule has 8 heteroatoms. The molecule has 166 valence electrons. The van der Waals surface area contributed by atoms with Gasteiger partial charge in [-0.05, 0) is 55.5 Å². The summed E-state index contributed by atoms with van der Waals surface area (Å²) in [6, 6.07) is 7.32. The number of nitrogens with zero attached hydrogens (tertiary/aromatic N) is 3. The Labute approximate surface area is 183 Å². The summed E-state index contributed by atoms with van der Waals surface area (Å²) in [5.41, 5.74) is 0.138. The van der Waals surface area contributed by atoms with Crippen molar-refractivity contribution in [2.45, 2.75) is 31.3 Å². The van der Waals surface area contributed by atoms with Gasteiger partial charge in [-0.2, -0.15) is 11.8 Å². The fraction of sp³-hybridized carbons (Fsp3) is 0.636. The lowest BCUT2D eigenvalue weighted by Gasteiger charge is -2.42. The maximum absolute atomic E-state index is 13.6. The van der Waals surface area contributed by atoms with E-state index >= 15 is 0 Å². The zero-order chi connectivity index (χ0) is 21.6. The van der Waals surface area contributed by atoms with Gasteiger partial charge in [0.15, 0.2) is 0 Å². The first-order chi connectivity index (χ1) is 14.6. The minimum Gasteiger partial charge on any atom is -0.497 e. The highest BCUT2D eigenvalue weighted by molar-refractivity contribution is 7.98. The molecule has 0 radical (unpaired) electrons. The molecular formula is C22H33N3O4S. The van der Waals surface area contributed by atoms with Gasteiger partial charge in [-0.3, -0.25) is 9.69 Å². The van der Waals surface area contributed by atoms with E-state index in [4.69, 9.17) is 9.47 Å². The molecule has 30 heavy (non-hydrogen) atoms. The molecule has 7 nitrogen and oxygen atoms in total. The second kappa shape index (κ2) is 10.5. The van der Waals surface area contributed by atoms with Gasteiger partial charge in [0.2, 0.25) is 0 Å². The molecule has 0 atom stereocenters. The van der Waals surface area contributed by atoms with E-state index in [1.54, 1.807) is 19.1 Å². The Bertz CT molecular complexity index is 737. The first-order valence-corrected chi connectivity index (χ1v) is 11.9. The molecule has 3 amide bonds. The van der Waals surface area contributed by atoms with Crippen LogP contribution in [0.3, 0.4) is 0 Å². The Morgan fingerprint density at radius 3 is 2.57 bits per heavy atom. The standard InChI is InChI=1S/C22H33N3O4S/c1-28-14-13-25-21(27)24(17-18-6-4-7-19(16-18)29-2)20(26)22(25)8-11-23(12-9-22)10-5-15-30-3/h4,6-7,16H,5,8-15,17H2,1-3H3. The number of hydrogen-bond donors (Lipinski definition) is 0. The summed E-state index contributed by atoms with van der Waals surface area (Å²) in [5, 5.41) is 0. The van der Waals surface area contributed by atoms with E-state index in [0.717, 1.165) is 43.1 Å². The average Bonchev–Trinajstić information content (AvgIpc) is 2.95. The van der Waals surface area contributed by atoms with Crippen molar-refractivity contribution in [3.05, 3.63) is 29.8 Å². The highest BCUT2D eigenvalue weighted by atomic mass is 32.2. The number of amides is 3. The molecule has 2 saturated heterocycles. The minimum absolute atomic E-state index is 0.0739. The van der Waals surface area contributed by atoms with Crippen molar-refractivity contribution in [2.75, 3.05) is 59.0 Å². The number of rotatable bonds is 10. The molecular weight excluding hydrogens is 402 g/mol. The summed E-state index contributed by atoms with van der Waals surface area (Å²) in [7, 11) is 3.23. The van der Waals surface area contributed by atoms with Crippen LogP contribution in [0.4, 0.5) is 4.79 Å².